The zero-order valence-corrected chi connectivity index (χ0v) is 15.0. The summed E-state index contributed by atoms with van der Waals surface area (Å²) in [6.07, 6.45) is 0.976. The van der Waals surface area contributed by atoms with Crippen molar-refractivity contribution in [2.24, 2.45) is 5.92 Å². The lowest BCUT2D eigenvalue weighted by Gasteiger charge is -2.29. The van der Waals surface area contributed by atoms with E-state index in [1.807, 2.05) is 19.1 Å². The van der Waals surface area contributed by atoms with E-state index in [1.54, 1.807) is 0 Å². The summed E-state index contributed by atoms with van der Waals surface area (Å²) in [5.41, 5.74) is 2.66. The Bertz CT molecular complexity index is 912. The number of carbonyl (C=O) groups excluding carboxylic acids is 2. The summed E-state index contributed by atoms with van der Waals surface area (Å²) in [6, 6.07) is 13.1. The number of nitrogens with zero attached hydrogens (tertiary/aromatic N) is 3. The van der Waals surface area contributed by atoms with Crippen LogP contribution in [0.3, 0.4) is 0 Å². The van der Waals surface area contributed by atoms with E-state index in [-0.39, 0.29) is 23.7 Å². The summed E-state index contributed by atoms with van der Waals surface area (Å²) in [6.45, 7) is 3.66. The average Bonchev–Trinajstić information content (AvgIpc) is 3.30. The van der Waals surface area contributed by atoms with Crippen molar-refractivity contribution < 1.29 is 14.0 Å². The molecule has 3 fully saturated rings. The molecular formula is C21H20FN3O2. The van der Waals surface area contributed by atoms with E-state index in [2.05, 4.69) is 22.2 Å². The fourth-order valence-corrected chi connectivity index (χ4v) is 4.72. The molecule has 5 nitrogen and oxygen atoms in total. The molecule has 0 saturated carbocycles. The predicted octanol–water partition coefficient (Wildman–Crippen LogP) is 2.67. The van der Waals surface area contributed by atoms with Crippen molar-refractivity contribution >= 4 is 17.5 Å². The maximum atomic E-state index is 13.3. The van der Waals surface area contributed by atoms with Crippen LogP contribution in [0.2, 0.25) is 0 Å². The second kappa shape index (κ2) is 5.97. The molecule has 0 aliphatic carbocycles. The van der Waals surface area contributed by atoms with Gasteiger partial charge in [0, 0.05) is 13.1 Å². The van der Waals surface area contributed by atoms with Crippen LogP contribution in [-0.2, 0) is 9.59 Å². The minimum Gasteiger partial charge on any atom is -0.274 e. The molecule has 2 aromatic rings. The van der Waals surface area contributed by atoms with Crippen molar-refractivity contribution in [1.29, 1.82) is 0 Å². The van der Waals surface area contributed by atoms with Crippen LogP contribution in [-0.4, -0.2) is 41.0 Å². The van der Waals surface area contributed by atoms with E-state index in [1.165, 1.54) is 29.2 Å². The Balaban J connectivity index is 1.57. The van der Waals surface area contributed by atoms with Gasteiger partial charge in [0.25, 0.3) is 5.91 Å². The van der Waals surface area contributed by atoms with E-state index < -0.39 is 12.0 Å². The molecule has 6 heteroatoms. The van der Waals surface area contributed by atoms with Gasteiger partial charge < -0.3 is 0 Å². The van der Waals surface area contributed by atoms with Crippen LogP contribution >= 0.6 is 0 Å². The van der Waals surface area contributed by atoms with Crippen LogP contribution in [0.15, 0.2) is 48.5 Å². The van der Waals surface area contributed by atoms with Crippen molar-refractivity contribution in [3.05, 3.63) is 65.5 Å². The molecule has 0 unspecified atom stereocenters. The number of imide groups is 1. The molecule has 0 radical (unpaired) electrons. The minimum atomic E-state index is -0.476. The van der Waals surface area contributed by atoms with E-state index >= 15 is 0 Å². The number of hydrazine groups is 1. The summed E-state index contributed by atoms with van der Waals surface area (Å²) in [4.78, 5) is 27.8. The third-order valence-corrected chi connectivity index (χ3v) is 5.91. The van der Waals surface area contributed by atoms with E-state index in [4.69, 9.17) is 0 Å². The minimum absolute atomic E-state index is 0.139. The van der Waals surface area contributed by atoms with Gasteiger partial charge in [0.2, 0.25) is 5.91 Å². The molecule has 0 spiro atoms. The number of benzene rings is 2. The van der Waals surface area contributed by atoms with Gasteiger partial charge >= 0.3 is 0 Å². The molecule has 27 heavy (non-hydrogen) atoms. The average molecular weight is 365 g/mol. The normalized spacial score (nSPS) is 28.1. The summed E-state index contributed by atoms with van der Waals surface area (Å²) < 4.78 is 13.3. The Labute approximate surface area is 156 Å². The predicted molar refractivity (Wildman–Crippen MR) is 98.1 cm³/mol. The standard InChI is InChI=1S/C21H20FN3O2/c1-13-3-5-14(6-4-13)18-17-19(24-12-2-11-23(18)24)21(27)25(20(17)26)16-9-7-15(22)8-10-16/h3-10,17-19H,2,11-12H2,1H3/t17-,18-,19+/m1/s1. The topological polar surface area (TPSA) is 43.9 Å². The molecule has 0 N–H and O–H groups in total. The highest BCUT2D eigenvalue weighted by Gasteiger charge is 2.62. The van der Waals surface area contributed by atoms with Crippen molar-refractivity contribution in [2.75, 3.05) is 18.0 Å². The molecule has 3 heterocycles. The highest BCUT2D eigenvalue weighted by atomic mass is 19.1. The first-order chi connectivity index (χ1) is 13.1. The molecule has 3 aliphatic heterocycles. The number of rotatable bonds is 2. The molecule has 0 aromatic heterocycles. The molecule has 138 valence electrons. The van der Waals surface area contributed by atoms with E-state index in [0.29, 0.717) is 5.69 Å². The maximum Gasteiger partial charge on any atom is 0.253 e. The smallest absolute Gasteiger partial charge is 0.253 e. The lowest BCUT2D eigenvalue weighted by Crippen LogP contribution is -2.44. The molecule has 3 aliphatic rings. The van der Waals surface area contributed by atoms with Crippen molar-refractivity contribution in [3.63, 3.8) is 0 Å². The molecule has 5 rings (SSSR count). The number of amides is 2. The summed E-state index contributed by atoms with van der Waals surface area (Å²) >= 11 is 0. The van der Waals surface area contributed by atoms with Crippen LogP contribution in [0.4, 0.5) is 10.1 Å². The quantitative estimate of drug-likeness (QED) is 0.768. The van der Waals surface area contributed by atoms with Crippen LogP contribution in [0.1, 0.15) is 23.6 Å². The number of fused-ring (bicyclic) bond motifs is 3. The number of hydrogen-bond donors (Lipinski definition) is 0. The first kappa shape index (κ1) is 16.6. The maximum absolute atomic E-state index is 13.3. The lowest BCUT2D eigenvalue weighted by atomic mass is 9.89. The van der Waals surface area contributed by atoms with Crippen LogP contribution in [0.5, 0.6) is 0 Å². The van der Waals surface area contributed by atoms with Gasteiger partial charge in [0.15, 0.2) is 0 Å². The van der Waals surface area contributed by atoms with Crippen LogP contribution in [0, 0.1) is 18.7 Å². The van der Waals surface area contributed by atoms with Crippen LogP contribution in [0.25, 0.3) is 0 Å². The first-order valence-corrected chi connectivity index (χ1v) is 9.29. The second-order valence-electron chi connectivity index (χ2n) is 7.49. The first-order valence-electron chi connectivity index (χ1n) is 9.29. The van der Waals surface area contributed by atoms with Gasteiger partial charge in [-0.05, 0) is 43.2 Å². The van der Waals surface area contributed by atoms with Gasteiger partial charge in [-0.2, -0.15) is 0 Å². The molecule has 0 bridgehead atoms. The summed E-state index contributed by atoms with van der Waals surface area (Å²) in [5, 5.41) is 4.26. The summed E-state index contributed by atoms with van der Waals surface area (Å²) in [7, 11) is 0. The Morgan fingerprint density at radius 2 is 1.48 bits per heavy atom. The molecule has 3 atom stereocenters. The van der Waals surface area contributed by atoms with Crippen molar-refractivity contribution in [3.8, 4) is 0 Å². The Hall–Kier alpha value is -2.57. The largest absolute Gasteiger partial charge is 0.274 e. The molecule has 2 aromatic carbocycles. The molecule has 2 amide bonds. The Morgan fingerprint density at radius 1 is 0.852 bits per heavy atom. The number of anilines is 1. The lowest BCUT2D eigenvalue weighted by molar-refractivity contribution is -0.126. The van der Waals surface area contributed by atoms with Gasteiger partial charge in [0.05, 0.1) is 17.6 Å². The van der Waals surface area contributed by atoms with Gasteiger partial charge in [-0.1, -0.05) is 29.8 Å². The third kappa shape index (κ3) is 2.37. The highest BCUT2D eigenvalue weighted by molar-refractivity contribution is 6.24. The zero-order chi connectivity index (χ0) is 18.7. The molecule has 3 saturated heterocycles. The molecular weight excluding hydrogens is 345 g/mol. The van der Waals surface area contributed by atoms with E-state index in [9.17, 15) is 14.0 Å². The zero-order valence-electron chi connectivity index (χ0n) is 15.0. The Morgan fingerprint density at radius 3 is 2.15 bits per heavy atom. The van der Waals surface area contributed by atoms with Gasteiger partial charge in [-0.15, -0.1) is 0 Å². The van der Waals surface area contributed by atoms with Gasteiger partial charge in [-0.25, -0.2) is 19.3 Å². The van der Waals surface area contributed by atoms with E-state index in [0.717, 1.165) is 30.6 Å². The van der Waals surface area contributed by atoms with Crippen molar-refractivity contribution in [2.45, 2.75) is 25.4 Å². The van der Waals surface area contributed by atoms with Gasteiger partial charge in [-0.3, -0.25) is 9.59 Å². The third-order valence-electron chi connectivity index (χ3n) is 5.91. The fraction of sp³-hybridized carbons (Fsp3) is 0.333. The van der Waals surface area contributed by atoms with Gasteiger partial charge in [0.1, 0.15) is 11.9 Å². The monoisotopic (exact) mass is 365 g/mol. The SMILES string of the molecule is Cc1ccc([C@@H]2[C@H]3C(=O)N(c4ccc(F)cc4)C(=O)[C@H]3N3CCCN23)cc1. The number of hydrogen-bond acceptors (Lipinski definition) is 4. The highest BCUT2D eigenvalue weighted by Crippen LogP contribution is 2.48. The van der Waals surface area contributed by atoms with Crippen molar-refractivity contribution in [1.82, 2.24) is 10.0 Å². The van der Waals surface area contributed by atoms with Crippen LogP contribution < -0.4 is 4.90 Å². The number of aryl methyl sites for hydroxylation is 1. The summed E-state index contributed by atoms with van der Waals surface area (Å²) in [5.74, 6) is -1.23. The fourth-order valence-electron chi connectivity index (χ4n) is 4.72. The number of carbonyl (C=O) groups is 2. The Kier molecular flexibility index (Phi) is 3.67. The number of halogens is 1. The second-order valence-corrected chi connectivity index (χ2v) is 7.49.